The van der Waals surface area contributed by atoms with Crippen LogP contribution in [-0.2, 0) is 16.1 Å². The molecule has 1 saturated heterocycles. The monoisotopic (exact) mass is 320 g/mol. The third kappa shape index (κ3) is 4.05. The highest BCUT2D eigenvalue weighted by Gasteiger charge is 2.27. The molecule has 1 aliphatic carbocycles. The lowest BCUT2D eigenvalue weighted by molar-refractivity contribution is -0.136. The lowest BCUT2D eigenvalue weighted by Gasteiger charge is -2.34. The van der Waals surface area contributed by atoms with E-state index >= 15 is 0 Å². The van der Waals surface area contributed by atoms with Crippen LogP contribution in [0.25, 0.3) is 0 Å². The first-order chi connectivity index (χ1) is 11.1. The molecule has 1 saturated carbocycles. The van der Waals surface area contributed by atoms with Crippen molar-refractivity contribution >= 4 is 11.6 Å². The number of hydrogen-bond donors (Lipinski definition) is 1. The largest absolute Gasteiger partial charge is 0.379 e. The summed E-state index contributed by atoms with van der Waals surface area (Å²) >= 11 is 0. The van der Waals surface area contributed by atoms with Gasteiger partial charge in [0, 0.05) is 25.3 Å². The van der Waals surface area contributed by atoms with Crippen LogP contribution in [0.5, 0.6) is 0 Å². The van der Waals surface area contributed by atoms with Crippen molar-refractivity contribution in [1.29, 1.82) is 0 Å². The molecule has 6 heteroatoms. The minimum atomic E-state index is 0.114. The maximum atomic E-state index is 12.3. The van der Waals surface area contributed by atoms with E-state index in [2.05, 4.69) is 24.3 Å². The molecular weight excluding hydrogens is 292 g/mol. The Hall–Kier alpha value is -1.56. The topological polar surface area (TPSA) is 59.4 Å². The number of hydrogen-bond acceptors (Lipinski definition) is 4. The second-order valence-corrected chi connectivity index (χ2v) is 6.94. The summed E-state index contributed by atoms with van der Waals surface area (Å²) in [6.45, 7) is 7.60. The molecule has 2 fully saturated rings. The van der Waals surface area contributed by atoms with E-state index in [1.54, 1.807) is 4.68 Å². The lowest BCUT2D eigenvalue weighted by Crippen LogP contribution is -2.42. The van der Waals surface area contributed by atoms with E-state index in [1.807, 2.05) is 17.3 Å². The number of nitrogens with zero attached hydrogens (tertiary/aromatic N) is 3. The van der Waals surface area contributed by atoms with E-state index in [9.17, 15) is 4.79 Å². The Bertz CT molecular complexity index is 524. The summed E-state index contributed by atoms with van der Waals surface area (Å²) in [6.07, 6.45) is 7.60. The molecule has 1 amide bonds. The van der Waals surface area contributed by atoms with Crippen LogP contribution in [-0.4, -0.2) is 52.9 Å². The van der Waals surface area contributed by atoms with Crippen LogP contribution in [0.2, 0.25) is 0 Å². The van der Waals surface area contributed by atoms with Crippen molar-refractivity contribution < 1.29 is 9.53 Å². The van der Waals surface area contributed by atoms with Gasteiger partial charge in [0.1, 0.15) is 6.54 Å². The molecule has 3 unspecified atom stereocenters. The third-order valence-corrected chi connectivity index (χ3v) is 5.35. The van der Waals surface area contributed by atoms with Crippen molar-refractivity contribution in [2.75, 3.05) is 31.6 Å². The van der Waals surface area contributed by atoms with Crippen molar-refractivity contribution in [1.82, 2.24) is 14.7 Å². The summed E-state index contributed by atoms with van der Waals surface area (Å²) in [5.41, 5.74) is 1.02. The summed E-state index contributed by atoms with van der Waals surface area (Å²) in [4.78, 5) is 14.1. The molecule has 3 atom stereocenters. The predicted molar refractivity (Wildman–Crippen MR) is 89.2 cm³/mol. The predicted octanol–water partition coefficient (Wildman–Crippen LogP) is 1.98. The molecule has 2 aliphatic rings. The standard InChI is InChI=1S/C17H28N4O2/c1-13-4-3-5-16(14(13)2)19-15-10-18-21(11-15)12-17(22)20-6-8-23-9-7-20/h10-11,13-14,16,19H,3-9,12H2,1-2H3. The minimum absolute atomic E-state index is 0.114. The number of carbonyl (C=O) groups excluding carboxylic acids is 1. The number of amides is 1. The van der Waals surface area contributed by atoms with Crippen molar-refractivity contribution in [2.24, 2.45) is 11.8 Å². The van der Waals surface area contributed by atoms with Crippen LogP contribution in [0, 0.1) is 11.8 Å². The van der Waals surface area contributed by atoms with Crippen molar-refractivity contribution in [3.63, 3.8) is 0 Å². The smallest absolute Gasteiger partial charge is 0.244 e. The SMILES string of the molecule is CC1CCCC(Nc2cnn(CC(=O)N3CCOCC3)c2)C1C. The Balaban J connectivity index is 1.54. The van der Waals surface area contributed by atoms with Crippen LogP contribution in [0.4, 0.5) is 5.69 Å². The Kier molecular flexibility index (Phi) is 5.20. The molecule has 1 aliphatic heterocycles. The van der Waals surface area contributed by atoms with E-state index in [-0.39, 0.29) is 5.91 Å². The first kappa shape index (κ1) is 16.3. The first-order valence-corrected chi connectivity index (χ1v) is 8.78. The second kappa shape index (κ2) is 7.34. The minimum Gasteiger partial charge on any atom is -0.379 e. The van der Waals surface area contributed by atoms with Gasteiger partial charge in [0.2, 0.25) is 5.91 Å². The molecule has 6 nitrogen and oxygen atoms in total. The van der Waals surface area contributed by atoms with Gasteiger partial charge in [0.05, 0.1) is 25.1 Å². The quantitative estimate of drug-likeness (QED) is 0.921. The molecule has 3 rings (SSSR count). The molecule has 0 spiro atoms. The molecule has 128 valence electrons. The third-order valence-electron chi connectivity index (χ3n) is 5.35. The molecular formula is C17H28N4O2. The van der Waals surface area contributed by atoms with Gasteiger partial charge < -0.3 is 15.0 Å². The molecule has 1 N–H and O–H groups in total. The van der Waals surface area contributed by atoms with Gasteiger partial charge in [-0.25, -0.2) is 0 Å². The molecule has 0 bridgehead atoms. The molecule has 1 aromatic rings. The van der Waals surface area contributed by atoms with Crippen LogP contribution >= 0.6 is 0 Å². The zero-order valence-corrected chi connectivity index (χ0v) is 14.2. The van der Waals surface area contributed by atoms with Crippen LogP contribution in [0.3, 0.4) is 0 Å². The van der Waals surface area contributed by atoms with Gasteiger partial charge in [-0.3, -0.25) is 9.48 Å². The number of rotatable bonds is 4. The van der Waals surface area contributed by atoms with Crippen molar-refractivity contribution in [3.05, 3.63) is 12.4 Å². The summed E-state index contributed by atoms with van der Waals surface area (Å²) in [5.74, 6) is 1.55. The summed E-state index contributed by atoms with van der Waals surface area (Å²) < 4.78 is 7.01. The van der Waals surface area contributed by atoms with Crippen LogP contribution in [0.1, 0.15) is 33.1 Å². The zero-order chi connectivity index (χ0) is 16.2. The Labute approximate surface area is 138 Å². The highest BCUT2D eigenvalue weighted by molar-refractivity contribution is 5.76. The fraction of sp³-hybridized carbons (Fsp3) is 0.765. The highest BCUT2D eigenvalue weighted by Crippen LogP contribution is 2.31. The fourth-order valence-electron chi connectivity index (χ4n) is 3.58. The van der Waals surface area contributed by atoms with Crippen LogP contribution < -0.4 is 5.32 Å². The van der Waals surface area contributed by atoms with Gasteiger partial charge in [0.15, 0.2) is 0 Å². The van der Waals surface area contributed by atoms with Crippen molar-refractivity contribution in [2.45, 2.75) is 45.7 Å². The summed E-state index contributed by atoms with van der Waals surface area (Å²) in [6, 6.07) is 0.506. The second-order valence-electron chi connectivity index (χ2n) is 6.94. The average molecular weight is 320 g/mol. The molecule has 0 radical (unpaired) electrons. The van der Waals surface area contributed by atoms with E-state index in [0.29, 0.717) is 44.8 Å². The number of aromatic nitrogens is 2. The zero-order valence-electron chi connectivity index (χ0n) is 14.2. The fourth-order valence-corrected chi connectivity index (χ4v) is 3.58. The lowest BCUT2D eigenvalue weighted by atomic mass is 9.78. The van der Waals surface area contributed by atoms with Gasteiger partial charge in [-0.2, -0.15) is 5.10 Å². The first-order valence-electron chi connectivity index (χ1n) is 8.78. The summed E-state index contributed by atoms with van der Waals surface area (Å²) in [7, 11) is 0. The normalized spacial score (nSPS) is 28.6. The highest BCUT2D eigenvalue weighted by atomic mass is 16.5. The average Bonchev–Trinajstić information content (AvgIpc) is 3.00. The molecule has 0 aromatic carbocycles. The summed E-state index contributed by atoms with van der Waals surface area (Å²) in [5, 5.41) is 7.94. The van der Waals surface area contributed by atoms with E-state index < -0.39 is 0 Å². The van der Waals surface area contributed by atoms with E-state index in [4.69, 9.17) is 4.74 Å². The Morgan fingerprint density at radius 2 is 2.13 bits per heavy atom. The number of carbonyl (C=O) groups is 1. The molecule has 23 heavy (non-hydrogen) atoms. The van der Waals surface area contributed by atoms with Gasteiger partial charge in [-0.05, 0) is 18.3 Å². The van der Waals surface area contributed by atoms with E-state index in [0.717, 1.165) is 11.6 Å². The van der Waals surface area contributed by atoms with Crippen LogP contribution in [0.15, 0.2) is 12.4 Å². The van der Waals surface area contributed by atoms with Gasteiger partial charge in [0.25, 0.3) is 0 Å². The number of morpholine rings is 1. The molecule has 2 heterocycles. The Morgan fingerprint density at radius 1 is 1.35 bits per heavy atom. The van der Waals surface area contributed by atoms with Gasteiger partial charge >= 0.3 is 0 Å². The maximum Gasteiger partial charge on any atom is 0.244 e. The van der Waals surface area contributed by atoms with Gasteiger partial charge in [-0.1, -0.05) is 26.7 Å². The maximum absolute atomic E-state index is 12.3. The van der Waals surface area contributed by atoms with Gasteiger partial charge in [-0.15, -0.1) is 0 Å². The number of ether oxygens (including phenoxy) is 1. The Morgan fingerprint density at radius 3 is 2.91 bits per heavy atom. The van der Waals surface area contributed by atoms with Crippen molar-refractivity contribution in [3.8, 4) is 0 Å². The number of anilines is 1. The van der Waals surface area contributed by atoms with E-state index in [1.165, 1.54) is 19.3 Å². The molecule has 1 aromatic heterocycles. The number of nitrogens with one attached hydrogen (secondary N) is 1.